The van der Waals surface area contributed by atoms with E-state index < -0.39 is 0 Å². The molecular formula is C24H23N5O2S. The normalized spacial score (nSPS) is 11.0. The van der Waals surface area contributed by atoms with E-state index in [1.807, 2.05) is 63.2 Å². The Balaban J connectivity index is 1.60. The first-order valence-electron chi connectivity index (χ1n) is 10.2. The third-order valence-electron chi connectivity index (χ3n) is 4.86. The van der Waals surface area contributed by atoms with Gasteiger partial charge in [0.05, 0.1) is 12.3 Å². The summed E-state index contributed by atoms with van der Waals surface area (Å²) in [6, 6.07) is 13.8. The Labute approximate surface area is 190 Å². The van der Waals surface area contributed by atoms with Crippen LogP contribution in [0.15, 0.2) is 64.8 Å². The molecule has 32 heavy (non-hydrogen) atoms. The van der Waals surface area contributed by atoms with E-state index in [2.05, 4.69) is 20.3 Å². The third kappa shape index (κ3) is 5.03. The average Bonchev–Trinajstić information content (AvgIpc) is 2.75. The van der Waals surface area contributed by atoms with Crippen molar-refractivity contribution in [3.63, 3.8) is 0 Å². The van der Waals surface area contributed by atoms with Gasteiger partial charge >= 0.3 is 0 Å². The predicted molar refractivity (Wildman–Crippen MR) is 127 cm³/mol. The topological polar surface area (TPSA) is 89.8 Å². The highest BCUT2D eigenvalue weighted by atomic mass is 32.2. The summed E-state index contributed by atoms with van der Waals surface area (Å²) in [5.41, 5.74) is 5.22. The number of hydrogen-bond donors (Lipinski definition) is 1. The molecule has 8 heteroatoms. The van der Waals surface area contributed by atoms with E-state index in [0.29, 0.717) is 11.7 Å². The molecule has 2 aromatic carbocycles. The van der Waals surface area contributed by atoms with Gasteiger partial charge in [0.15, 0.2) is 16.3 Å². The summed E-state index contributed by atoms with van der Waals surface area (Å²) in [5.74, 6) is -0.0607. The number of amides is 1. The summed E-state index contributed by atoms with van der Waals surface area (Å²) in [7, 11) is 0. The summed E-state index contributed by atoms with van der Waals surface area (Å²) in [6.45, 7) is 6.32. The summed E-state index contributed by atoms with van der Waals surface area (Å²) in [5, 5.41) is 3.35. The first-order valence-corrected chi connectivity index (χ1v) is 11.2. The van der Waals surface area contributed by atoms with Crippen LogP contribution in [-0.2, 0) is 11.3 Å². The van der Waals surface area contributed by atoms with Crippen LogP contribution in [0.1, 0.15) is 22.3 Å². The highest BCUT2D eigenvalue weighted by molar-refractivity contribution is 7.99. The number of benzene rings is 2. The molecule has 0 aliphatic heterocycles. The Kier molecular flexibility index (Phi) is 6.32. The van der Waals surface area contributed by atoms with Crippen molar-refractivity contribution in [2.24, 2.45) is 0 Å². The van der Waals surface area contributed by atoms with Crippen molar-refractivity contribution >= 4 is 34.5 Å². The highest BCUT2D eigenvalue weighted by Gasteiger charge is 2.15. The molecule has 0 unspecified atom stereocenters. The maximum Gasteiger partial charge on any atom is 0.282 e. The summed E-state index contributed by atoms with van der Waals surface area (Å²) < 4.78 is 1.55. The van der Waals surface area contributed by atoms with Crippen LogP contribution in [-0.4, -0.2) is 31.2 Å². The van der Waals surface area contributed by atoms with E-state index in [0.717, 1.165) is 27.9 Å². The highest BCUT2D eigenvalue weighted by Crippen LogP contribution is 2.19. The zero-order chi connectivity index (χ0) is 22.7. The minimum absolute atomic E-state index is 0.110. The maximum absolute atomic E-state index is 13.1. The number of thioether (sulfide) groups is 1. The fourth-order valence-corrected chi connectivity index (χ4v) is 4.22. The molecule has 4 rings (SSSR count). The molecule has 0 spiro atoms. The third-order valence-corrected chi connectivity index (χ3v) is 5.83. The van der Waals surface area contributed by atoms with Crippen molar-refractivity contribution in [1.82, 2.24) is 19.5 Å². The molecule has 7 nitrogen and oxygen atoms in total. The van der Waals surface area contributed by atoms with Crippen molar-refractivity contribution in [1.29, 1.82) is 0 Å². The van der Waals surface area contributed by atoms with Gasteiger partial charge in [-0.05, 0) is 49.6 Å². The van der Waals surface area contributed by atoms with Crippen LogP contribution >= 0.6 is 11.8 Å². The van der Waals surface area contributed by atoms with E-state index in [1.54, 1.807) is 4.57 Å². The number of nitrogens with zero attached hydrogens (tertiary/aromatic N) is 4. The molecule has 4 aromatic rings. The number of hydrogen-bond acceptors (Lipinski definition) is 6. The van der Waals surface area contributed by atoms with Crippen LogP contribution in [0.4, 0.5) is 5.69 Å². The summed E-state index contributed by atoms with van der Waals surface area (Å²) in [4.78, 5) is 38.6. The molecule has 1 N–H and O–H groups in total. The quantitative estimate of drug-likeness (QED) is 0.358. The van der Waals surface area contributed by atoms with Crippen molar-refractivity contribution in [3.8, 4) is 0 Å². The van der Waals surface area contributed by atoms with Gasteiger partial charge in [0.1, 0.15) is 0 Å². The maximum atomic E-state index is 13.1. The summed E-state index contributed by atoms with van der Waals surface area (Å²) in [6.07, 6.45) is 2.98. The lowest BCUT2D eigenvalue weighted by atomic mass is 10.1. The number of aryl methyl sites for hydroxylation is 3. The van der Waals surface area contributed by atoms with Crippen LogP contribution < -0.4 is 10.9 Å². The average molecular weight is 446 g/mol. The van der Waals surface area contributed by atoms with Crippen LogP contribution in [0, 0.1) is 20.8 Å². The zero-order valence-corrected chi connectivity index (χ0v) is 18.9. The number of carbonyl (C=O) groups is 1. The Morgan fingerprint density at radius 3 is 2.38 bits per heavy atom. The Bertz CT molecular complexity index is 1330. The van der Waals surface area contributed by atoms with Gasteiger partial charge in [-0.1, -0.05) is 47.7 Å². The van der Waals surface area contributed by atoms with E-state index in [1.165, 1.54) is 24.2 Å². The van der Waals surface area contributed by atoms with Gasteiger partial charge in [0.25, 0.3) is 5.56 Å². The molecule has 0 saturated carbocycles. The number of nitrogens with one attached hydrogen (secondary N) is 1. The minimum atomic E-state index is -0.277. The second kappa shape index (κ2) is 9.32. The van der Waals surface area contributed by atoms with E-state index in [9.17, 15) is 9.59 Å². The van der Waals surface area contributed by atoms with Gasteiger partial charge in [-0.25, -0.2) is 15.0 Å². The molecule has 0 atom stereocenters. The Morgan fingerprint density at radius 2 is 1.66 bits per heavy atom. The Morgan fingerprint density at radius 1 is 0.969 bits per heavy atom. The van der Waals surface area contributed by atoms with Crippen molar-refractivity contribution < 1.29 is 4.79 Å². The molecule has 2 heterocycles. The van der Waals surface area contributed by atoms with Gasteiger partial charge in [0, 0.05) is 18.1 Å². The van der Waals surface area contributed by atoms with Gasteiger partial charge in [-0.15, -0.1) is 0 Å². The number of anilines is 1. The van der Waals surface area contributed by atoms with E-state index in [-0.39, 0.29) is 28.4 Å². The van der Waals surface area contributed by atoms with Gasteiger partial charge < -0.3 is 5.32 Å². The largest absolute Gasteiger partial charge is 0.325 e. The van der Waals surface area contributed by atoms with Crippen LogP contribution in [0.25, 0.3) is 11.2 Å². The smallest absolute Gasteiger partial charge is 0.282 e. The monoisotopic (exact) mass is 445 g/mol. The lowest BCUT2D eigenvalue weighted by Crippen LogP contribution is -2.25. The standard InChI is InChI=1S/C24H23N5O2S/c1-15-4-6-18(7-5-15)13-29-23(31)21-22(26-9-8-25-21)28-24(29)32-14-20(30)27-19-11-16(2)10-17(3)12-19/h4-12H,13-14H2,1-3H3,(H,27,30). The fraction of sp³-hybridized carbons (Fsp3) is 0.208. The molecule has 0 aliphatic carbocycles. The van der Waals surface area contributed by atoms with Gasteiger partial charge in [-0.3, -0.25) is 14.2 Å². The van der Waals surface area contributed by atoms with Gasteiger partial charge in [-0.2, -0.15) is 0 Å². The molecular weight excluding hydrogens is 422 g/mol. The molecule has 1 amide bonds. The molecule has 162 valence electrons. The lowest BCUT2D eigenvalue weighted by Gasteiger charge is -2.13. The SMILES string of the molecule is Cc1ccc(Cn2c(SCC(=O)Nc3cc(C)cc(C)c3)nc3nccnc3c2=O)cc1. The van der Waals surface area contributed by atoms with E-state index in [4.69, 9.17) is 0 Å². The lowest BCUT2D eigenvalue weighted by molar-refractivity contribution is -0.113. The first kappa shape index (κ1) is 21.7. The number of carbonyl (C=O) groups excluding carboxylic acids is 1. The van der Waals surface area contributed by atoms with Crippen molar-refractivity contribution in [2.45, 2.75) is 32.5 Å². The molecule has 0 bridgehead atoms. The number of aromatic nitrogens is 4. The van der Waals surface area contributed by atoms with Crippen molar-refractivity contribution in [3.05, 3.63) is 87.5 Å². The summed E-state index contributed by atoms with van der Waals surface area (Å²) >= 11 is 1.21. The molecule has 0 aliphatic rings. The van der Waals surface area contributed by atoms with Gasteiger partial charge in [0.2, 0.25) is 5.91 Å². The minimum Gasteiger partial charge on any atom is -0.325 e. The molecule has 0 saturated heterocycles. The van der Waals surface area contributed by atoms with Crippen LogP contribution in [0.2, 0.25) is 0 Å². The fourth-order valence-electron chi connectivity index (χ4n) is 3.43. The molecule has 0 fully saturated rings. The molecule has 0 radical (unpaired) electrons. The van der Waals surface area contributed by atoms with Crippen LogP contribution in [0.5, 0.6) is 0 Å². The second-order valence-corrected chi connectivity index (χ2v) is 8.66. The zero-order valence-electron chi connectivity index (χ0n) is 18.1. The Hall–Kier alpha value is -3.52. The van der Waals surface area contributed by atoms with Crippen molar-refractivity contribution in [2.75, 3.05) is 11.1 Å². The van der Waals surface area contributed by atoms with E-state index >= 15 is 0 Å². The molecule has 2 aromatic heterocycles. The number of fused-ring (bicyclic) bond motifs is 1. The number of rotatable bonds is 6. The predicted octanol–water partition coefficient (Wildman–Crippen LogP) is 3.89. The second-order valence-electron chi connectivity index (χ2n) is 7.71. The van der Waals surface area contributed by atoms with Crippen LogP contribution in [0.3, 0.4) is 0 Å². The first-order chi connectivity index (χ1) is 15.4.